The zero-order chi connectivity index (χ0) is 14.7. The molecule has 0 saturated carbocycles. The standard InChI is InChI=1S/C11H13F3O4S/c1-8(15)6-7-18-19(16,17)10-4-2-9(3-5-10)11(12,13)14/h2-5,8,15H,6-7H2,1H3/t8-/m1/s1. The monoisotopic (exact) mass is 298 g/mol. The van der Waals surface area contributed by atoms with E-state index in [1.54, 1.807) is 0 Å². The van der Waals surface area contributed by atoms with Crippen molar-refractivity contribution in [3.63, 3.8) is 0 Å². The average Bonchev–Trinajstić information content (AvgIpc) is 2.27. The van der Waals surface area contributed by atoms with E-state index < -0.39 is 28.0 Å². The summed E-state index contributed by atoms with van der Waals surface area (Å²) in [5.74, 6) is 0. The molecule has 4 nitrogen and oxygen atoms in total. The summed E-state index contributed by atoms with van der Waals surface area (Å²) in [6.07, 6.45) is -5.13. The van der Waals surface area contributed by atoms with E-state index >= 15 is 0 Å². The van der Waals surface area contributed by atoms with Crippen LogP contribution in [0.2, 0.25) is 0 Å². The molecule has 0 bridgehead atoms. The third kappa shape index (κ3) is 4.81. The fourth-order valence-corrected chi connectivity index (χ4v) is 2.13. The Labute approximate surface area is 108 Å². The predicted molar refractivity (Wildman–Crippen MR) is 60.9 cm³/mol. The van der Waals surface area contributed by atoms with Gasteiger partial charge >= 0.3 is 6.18 Å². The van der Waals surface area contributed by atoms with Crippen molar-refractivity contribution in [1.82, 2.24) is 0 Å². The summed E-state index contributed by atoms with van der Waals surface area (Å²) in [5, 5.41) is 8.95. The highest BCUT2D eigenvalue weighted by Gasteiger charge is 2.30. The van der Waals surface area contributed by atoms with Crippen LogP contribution in [-0.2, 0) is 20.5 Å². The topological polar surface area (TPSA) is 63.6 Å². The van der Waals surface area contributed by atoms with Crippen LogP contribution >= 0.6 is 0 Å². The quantitative estimate of drug-likeness (QED) is 0.846. The van der Waals surface area contributed by atoms with Gasteiger partial charge in [-0.3, -0.25) is 4.18 Å². The molecule has 0 fully saturated rings. The van der Waals surface area contributed by atoms with Gasteiger partial charge in [-0.15, -0.1) is 0 Å². The first-order chi connectivity index (χ1) is 8.63. The lowest BCUT2D eigenvalue weighted by Crippen LogP contribution is -2.12. The van der Waals surface area contributed by atoms with E-state index in [0.717, 1.165) is 12.1 Å². The average molecular weight is 298 g/mol. The summed E-state index contributed by atoms with van der Waals surface area (Å²) in [6, 6.07) is 3.01. The maximum absolute atomic E-state index is 12.3. The number of aliphatic hydroxyl groups is 1. The first-order valence-corrected chi connectivity index (χ1v) is 6.78. The van der Waals surface area contributed by atoms with E-state index in [4.69, 9.17) is 5.11 Å². The van der Waals surface area contributed by atoms with Gasteiger partial charge in [-0.2, -0.15) is 21.6 Å². The Morgan fingerprint density at radius 1 is 1.26 bits per heavy atom. The van der Waals surface area contributed by atoms with Gasteiger partial charge in [0.1, 0.15) is 0 Å². The minimum atomic E-state index is -4.52. The third-order valence-corrected chi connectivity index (χ3v) is 3.57. The summed E-state index contributed by atoms with van der Waals surface area (Å²) >= 11 is 0. The van der Waals surface area contributed by atoms with E-state index in [0.29, 0.717) is 12.1 Å². The van der Waals surface area contributed by atoms with E-state index in [2.05, 4.69) is 4.18 Å². The SMILES string of the molecule is C[C@@H](O)CCOS(=O)(=O)c1ccc(C(F)(F)F)cc1. The van der Waals surface area contributed by atoms with Gasteiger partial charge in [-0.05, 0) is 37.6 Å². The Kier molecular flexibility index (Phi) is 4.94. The van der Waals surface area contributed by atoms with E-state index in [1.807, 2.05) is 0 Å². The highest BCUT2D eigenvalue weighted by Crippen LogP contribution is 2.29. The van der Waals surface area contributed by atoms with Crippen LogP contribution in [0.15, 0.2) is 29.2 Å². The summed E-state index contributed by atoms with van der Waals surface area (Å²) in [6.45, 7) is 1.23. The number of hydrogen-bond donors (Lipinski definition) is 1. The van der Waals surface area contributed by atoms with E-state index in [9.17, 15) is 21.6 Å². The molecule has 8 heteroatoms. The zero-order valence-electron chi connectivity index (χ0n) is 10.0. The molecule has 0 amide bonds. The number of aliphatic hydroxyl groups excluding tert-OH is 1. The number of alkyl halides is 3. The third-order valence-electron chi connectivity index (χ3n) is 2.24. The number of rotatable bonds is 5. The normalized spacial score (nSPS) is 14.4. The molecule has 1 N–H and O–H groups in total. The smallest absolute Gasteiger partial charge is 0.393 e. The molecule has 1 rings (SSSR count). The van der Waals surface area contributed by atoms with Crippen LogP contribution in [-0.4, -0.2) is 26.2 Å². The molecule has 1 aromatic rings. The Morgan fingerprint density at radius 3 is 2.21 bits per heavy atom. The van der Waals surface area contributed by atoms with Crippen LogP contribution in [0, 0.1) is 0 Å². The van der Waals surface area contributed by atoms with Gasteiger partial charge in [0.15, 0.2) is 0 Å². The molecule has 0 saturated heterocycles. The molecule has 0 aliphatic rings. The molecule has 0 aliphatic heterocycles. The second-order valence-electron chi connectivity index (χ2n) is 3.94. The van der Waals surface area contributed by atoms with Crippen molar-refractivity contribution in [2.75, 3.05) is 6.61 Å². The summed E-state index contributed by atoms with van der Waals surface area (Å²) < 4.78 is 64.7. The Morgan fingerprint density at radius 2 is 1.79 bits per heavy atom. The minimum Gasteiger partial charge on any atom is -0.393 e. The van der Waals surface area contributed by atoms with Gasteiger partial charge < -0.3 is 5.11 Å². The van der Waals surface area contributed by atoms with Gasteiger partial charge in [-0.1, -0.05) is 0 Å². The van der Waals surface area contributed by atoms with Crippen LogP contribution in [0.5, 0.6) is 0 Å². The molecule has 0 aromatic heterocycles. The molecule has 0 radical (unpaired) electrons. The number of hydrogen-bond acceptors (Lipinski definition) is 4. The van der Waals surface area contributed by atoms with Gasteiger partial charge in [0.2, 0.25) is 0 Å². The molecule has 0 unspecified atom stereocenters. The van der Waals surface area contributed by atoms with Crippen LogP contribution < -0.4 is 0 Å². The molecule has 1 atom stereocenters. The maximum Gasteiger partial charge on any atom is 0.416 e. The predicted octanol–water partition coefficient (Wildman–Crippen LogP) is 2.18. The Hall–Kier alpha value is -1.12. The van der Waals surface area contributed by atoms with Crippen LogP contribution in [0.25, 0.3) is 0 Å². The summed E-state index contributed by atoms with van der Waals surface area (Å²) in [5.41, 5.74) is -0.935. The van der Waals surface area contributed by atoms with Crippen molar-refractivity contribution < 1.29 is 30.9 Å². The molecular formula is C11H13F3O4S. The lowest BCUT2D eigenvalue weighted by molar-refractivity contribution is -0.137. The first kappa shape index (κ1) is 15.9. The van der Waals surface area contributed by atoms with Gasteiger partial charge in [-0.25, -0.2) is 0 Å². The highest BCUT2D eigenvalue weighted by atomic mass is 32.2. The lowest BCUT2D eigenvalue weighted by Gasteiger charge is -2.09. The molecule has 0 heterocycles. The fourth-order valence-electron chi connectivity index (χ4n) is 1.21. The summed E-state index contributed by atoms with van der Waals surface area (Å²) in [4.78, 5) is -0.355. The van der Waals surface area contributed by atoms with Crippen molar-refractivity contribution in [2.45, 2.75) is 30.5 Å². The van der Waals surface area contributed by atoms with Gasteiger partial charge in [0.05, 0.1) is 23.2 Å². The second kappa shape index (κ2) is 5.89. The van der Waals surface area contributed by atoms with Crippen LogP contribution in [0.1, 0.15) is 18.9 Å². The Bertz CT molecular complexity index is 506. The van der Waals surface area contributed by atoms with Crippen molar-refractivity contribution in [3.05, 3.63) is 29.8 Å². The first-order valence-electron chi connectivity index (χ1n) is 5.37. The van der Waals surface area contributed by atoms with Crippen molar-refractivity contribution in [3.8, 4) is 0 Å². The van der Waals surface area contributed by atoms with E-state index in [1.165, 1.54) is 6.92 Å². The number of benzene rings is 1. The minimum absolute atomic E-state index is 0.111. The molecule has 0 aliphatic carbocycles. The molecule has 1 aromatic carbocycles. The zero-order valence-corrected chi connectivity index (χ0v) is 10.8. The second-order valence-corrected chi connectivity index (χ2v) is 5.55. The highest BCUT2D eigenvalue weighted by molar-refractivity contribution is 7.86. The molecule has 0 spiro atoms. The van der Waals surface area contributed by atoms with Gasteiger partial charge in [0, 0.05) is 0 Å². The van der Waals surface area contributed by atoms with Crippen molar-refractivity contribution in [1.29, 1.82) is 0 Å². The lowest BCUT2D eigenvalue weighted by atomic mass is 10.2. The van der Waals surface area contributed by atoms with Crippen LogP contribution in [0.4, 0.5) is 13.2 Å². The molecular weight excluding hydrogens is 285 g/mol. The van der Waals surface area contributed by atoms with E-state index in [-0.39, 0.29) is 17.9 Å². The van der Waals surface area contributed by atoms with Crippen LogP contribution in [0.3, 0.4) is 0 Å². The van der Waals surface area contributed by atoms with Crippen molar-refractivity contribution >= 4 is 10.1 Å². The van der Waals surface area contributed by atoms with Crippen molar-refractivity contribution in [2.24, 2.45) is 0 Å². The molecule has 108 valence electrons. The Balaban J connectivity index is 2.80. The summed E-state index contributed by atoms with van der Waals surface area (Å²) in [7, 11) is -4.10. The largest absolute Gasteiger partial charge is 0.416 e. The fraction of sp³-hybridized carbons (Fsp3) is 0.455. The molecule has 19 heavy (non-hydrogen) atoms. The number of halogens is 3. The van der Waals surface area contributed by atoms with Gasteiger partial charge in [0.25, 0.3) is 10.1 Å². The maximum atomic E-state index is 12.3.